The largest absolute Gasteiger partial charge is 0.333 e. The average Bonchev–Trinajstić information content (AvgIpc) is 1.00. The van der Waals surface area contributed by atoms with Crippen molar-refractivity contribution < 1.29 is 21.7 Å². The molecule has 7 heavy (non-hydrogen) atoms. The van der Waals surface area contributed by atoms with Crippen molar-refractivity contribution in [2.75, 3.05) is 7.05 Å². The molecule has 1 nitrogen and oxygen atoms in total. The molecule has 50 valence electrons. The van der Waals surface area contributed by atoms with Gasteiger partial charge in [0.2, 0.25) is 0 Å². The Morgan fingerprint density at radius 2 is 0.714 bits per heavy atom. The third-order valence-electron chi connectivity index (χ3n) is 0. The van der Waals surface area contributed by atoms with E-state index >= 15 is 0 Å². The molecule has 0 saturated carbocycles. The van der Waals surface area contributed by atoms with Crippen molar-refractivity contribution in [3.8, 4) is 0 Å². The van der Waals surface area contributed by atoms with Crippen molar-refractivity contribution in [2.24, 2.45) is 5.73 Å². The van der Waals surface area contributed by atoms with E-state index in [9.17, 15) is 0 Å². The van der Waals surface area contributed by atoms with Gasteiger partial charge in [0.05, 0.1) is 0 Å². The number of nitrogens with two attached hydrogens (primary N) is 1. The van der Waals surface area contributed by atoms with E-state index in [0.717, 1.165) is 0 Å². The Kier molecular flexibility index (Phi) is 1050. The number of hydrogen-bond acceptors (Lipinski definition) is 1. The van der Waals surface area contributed by atoms with E-state index in [-0.39, 0.29) is 71.3 Å². The smallest absolute Gasteiger partial charge is 0 e. The van der Waals surface area contributed by atoms with Crippen LogP contribution in [-0.4, -0.2) is 7.05 Å². The van der Waals surface area contributed by atoms with Gasteiger partial charge in [-0.15, -0.1) is 49.6 Å². The first-order chi connectivity index (χ1) is 1.00. The minimum absolute atomic E-state index is 0. The second kappa shape index (κ2) is 109. The second-order valence-corrected chi connectivity index (χ2v) is 0. The standard InChI is InChI=1S/CH5N.4ClH.Ti/c1-2;;;;;/h2H2,1H3;4*1H;. The molecule has 0 rings (SSSR count). The summed E-state index contributed by atoms with van der Waals surface area (Å²) >= 11 is 0. The van der Waals surface area contributed by atoms with Crippen LogP contribution in [-0.2, 0) is 21.7 Å². The number of hydrogen-bond donors (Lipinski definition) is 1. The summed E-state index contributed by atoms with van der Waals surface area (Å²) in [5.41, 5.74) is 4.50. The Morgan fingerprint density at radius 3 is 0.714 bits per heavy atom. The molecule has 0 heterocycles. The van der Waals surface area contributed by atoms with Crippen molar-refractivity contribution in [2.45, 2.75) is 0 Å². The summed E-state index contributed by atoms with van der Waals surface area (Å²) in [7, 11) is 1.50. The van der Waals surface area contributed by atoms with Crippen molar-refractivity contribution in [3.63, 3.8) is 0 Å². The second-order valence-electron chi connectivity index (χ2n) is 0. The molecule has 0 aliphatic rings. The van der Waals surface area contributed by atoms with Crippen molar-refractivity contribution in [1.29, 1.82) is 0 Å². The first-order valence-electron chi connectivity index (χ1n) is 0.577. The molecular formula is CH9Cl4NTi. The SMILES string of the molecule is CN.Cl.Cl.Cl.Cl.[Ti]. The maximum atomic E-state index is 4.50. The molecule has 2 N–H and O–H groups in total. The third kappa shape index (κ3) is 79.3. The summed E-state index contributed by atoms with van der Waals surface area (Å²) in [6.45, 7) is 0. The zero-order chi connectivity index (χ0) is 2.00. The molecular weight excluding hydrogens is 216 g/mol. The predicted molar refractivity (Wildman–Crippen MR) is 39.1 cm³/mol. The fraction of sp³-hybridized carbons (Fsp3) is 1.00. The number of rotatable bonds is 0. The fourth-order valence-corrected chi connectivity index (χ4v) is 0. The van der Waals surface area contributed by atoms with E-state index < -0.39 is 0 Å². The molecule has 0 aliphatic carbocycles. The van der Waals surface area contributed by atoms with E-state index in [4.69, 9.17) is 0 Å². The van der Waals surface area contributed by atoms with Crippen LogP contribution in [0.3, 0.4) is 0 Å². The van der Waals surface area contributed by atoms with E-state index in [2.05, 4.69) is 5.73 Å². The molecule has 0 amide bonds. The molecule has 0 unspecified atom stereocenters. The Labute approximate surface area is 83.7 Å². The summed E-state index contributed by atoms with van der Waals surface area (Å²) < 4.78 is 0. The zero-order valence-corrected chi connectivity index (χ0v) is 8.54. The maximum absolute atomic E-state index is 4.50. The van der Waals surface area contributed by atoms with Crippen LogP contribution in [0.2, 0.25) is 0 Å². The molecule has 0 aromatic carbocycles. The monoisotopic (exact) mass is 223 g/mol. The van der Waals surface area contributed by atoms with Crippen LogP contribution in [0.15, 0.2) is 0 Å². The molecule has 0 aliphatic heterocycles. The zero-order valence-electron chi connectivity index (χ0n) is 3.71. The maximum Gasteiger partial charge on any atom is 0 e. The fourth-order valence-electron chi connectivity index (χ4n) is 0. The van der Waals surface area contributed by atoms with Crippen LogP contribution in [0.4, 0.5) is 0 Å². The average molecular weight is 225 g/mol. The summed E-state index contributed by atoms with van der Waals surface area (Å²) in [6.07, 6.45) is 0. The Bertz CT molecular complexity index is 11.7. The van der Waals surface area contributed by atoms with Gasteiger partial charge < -0.3 is 5.73 Å². The topological polar surface area (TPSA) is 26.0 Å². The quantitative estimate of drug-likeness (QED) is 0.616. The van der Waals surface area contributed by atoms with Crippen LogP contribution < -0.4 is 5.73 Å². The van der Waals surface area contributed by atoms with E-state index in [1.807, 2.05) is 0 Å². The minimum atomic E-state index is 0. The molecule has 0 aromatic rings. The van der Waals surface area contributed by atoms with Gasteiger partial charge in [-0.3, -0.25) is 0 Å². The van der Waals surface area contributed by atoms with Crippen LogP contribution in [0.25, 0.3) is 0 Å². The van der Waals surface area contributed by atoms with E-state index in [1.165, 1.54) is 7.05 Å². The molecule has 0 radical (unpaired) electrons. The summed E-state index contributed by atoms with van der Waals surface area (Å²) in [4.78, 5) is 0. The van der Waals surface area contributed by atoms with Gasteiger partial charge in [-0.05, 0) is 7.05 Å². The normalized spacial score (nSPS) is 0.857. The minimum Gasteiger partial charge on any atom is -0.333 e. The number of halogens is 4. The Morgan fingerprint density at radius 1 is 0.714 bits per heavy atom. The third-order valence-corrected chi connectivity index (χ3v) is 0. The van der Waals surface area contributed by atoms with Gasteiger partial charge in [0.1, 0.15) is 0 Å². The summed E-state index contributed by atoms with van der Waals surface area (Å²) in [5.74, 6) is 0. The molecule has 0 spiro atoms. The van der Waals surface area contributed by atoms with E-state index in [0.29, 0.717) is 0 Å². The first-order valence-corrected chi connectivity index (χ1v) is 0.577. The van der Waals surface area contributed by atoms with Crippen LogP contribution >= 0.6 is 49.6 Å². The molecule has 0 saturated heterocycles. The first kappa shape index (κ1) is 67.5. The van der Waals surface area contributed by atoms with Crippen molar-refractivity contribution in [3.05, 3.63) is 0 Å². The molecule has 0 bridgehead atoms. The van der Waals surface area contributed by atoms with Gasteiger partial charge in [-0.1, -0.05) is 0 Å². The summed E-state index contributed by atoms with van der Waals surface area (Å²) in [5, 5.41) is 0. The molecule has 0 aromatic heterocycles. The van der Waals surface area contributed by atoms with Gasteiger partial charge in [-0.2, -0.15) is 0 Å². The van der Waals surface area contributed by atoms with Gasteiger partial charge in [0.25, 0.3) is 0 Å². The van der Waals surface area contributed by atoms with Gasteiger partial charge >= 0.3 is 0 Å². The van der Waals surface area contributed by atoms with E-state index in [1.54, 1.807) is 0 Å². The predicted octanol–water partition coefficient (Wildman–Crippen LogP) is 1.26. The van der Waals surface area contributed by atoms with Crippen LogP contribution in [0, 0.1) is 0 Å². The van der Waals surface area contributed by atoms with Crippen LogP contribution in [0.5, 0.6) is 0 Å². The van der Waals surface area contributed by atoms with Gasteiger partial charge in [0.15, 0.2) is 0 Å². The Hall–Kier alpha value is 1.83. The van der Waals surface area contributed by atoms with Crippen LogP contribution in [0.1, 0.15) is 0 Å². The van der Waals surface area contributed by atoms with Crippen molar-refractivity contribution in [1.82, 2.24) is 0 Å². The summed E-state index contributed by atoms with van der Waals surface area (Å²) in [6, 6.07) is 0. The van der Waals surface area contributed by atoms with Crippen molar-refractivity contribution >= 4 is 49.6 Å². The molecule has 0 atom stereocenters. The molecule has 6 heteroatoms. The van der Waals surface area contributed by atoms with Gasteiger partial charge in [-0.25, -0.2) is 0 Å². The van der Waals surface area contributed by atoms with Gasteiger partial charge in [0, 0.05) is 21.7 Å². The molecule has 0 fully saturated rings. The Balaban J connectivity index is -0.000000000500.